The number of ether oxygens (including phenoxy) is 1. The number of amides is 2. The first-order valence-corrected chi connectivity index (χ1v) is 12.8. The Labute approximate surface area is 235 Å². The molecule has 0 saturated carbocycles. The van der Waals surface area contributed by atoms with Crippen LogP contribution in [-0.4, -0.2) is 62.0 Å². The van der Waals surface area contributed by atoms with E-state index in [1.165, 1.54) is 33.4 Å². The molecule has 0 aliphatic carbocycles. The van der Waals surface area contributed by atoms with Gasteiger partial charge >= 0.3 is 6.09 Å². The van der Waals surface area contributed by atoms with E-state index in [0.717, 1.165) is 11.1 Å². The standard InChI is InChI=1S/C29H28FN7O4/c1-29(2,40)26(30)14-33-27(38)22-13-32-24(25-7-6-21-8-17(11-31)12-34-37(21)25)10-23(22)35-20-5-4-18-15-36(28(39)41-3)16-19(18)9-20/h4-10,12-13,26,40H,14-16H2,1-3H3,(H,32,35)(H,33,38). The molecule has 12 heteroatoms. The van der Waals surface area contributed by atoms with Crippen molar-refractivity contribution >= 4 is 28.9 Å². The first-order valence-electron chi connectivity index (χ1n) is 12.8. The maximum Gasteiger partial charge on any atom is 0.410 e. The molecule has 0 saturated heterocycles. The van der Waals surface area contributed by atoms with Gasteiger partial charge in [0.15, 0.2) is 0 Å². The third-order valence-corrected chi connectivity index (χ3v) is 6.89. The molecule has 0 fully saturated rings. The van der Waals surface area contributed by atoms with Gasteiger partial charge in [-0.05, 0) is 61.4 Å². The van der Waals surface area contributed by atoms with Crippen LogP contribution in [0, 0.1) is 11.3 Å². The van der Waals surface area contributed by atoms with Gasteiger partial charge in [-0.3, -0.25) is 14.7 Å². The van der Waals surface area contributed by atoms with Crippen LogP contribution in [0.2, 0.25) is 0 Å². The van der Waals surface area contributed by atoms with Gasteiger partial charge in [-0.25, -0.2) is 13.7 Å². The van der Waals surface area contributed by atoms with Gasteiger partial charge in [0.05, 0.1) is 59.2 Å². The number of alkyl halides is 1. The van der Waals surface area contributed by atoms with Crippen LogP contribution < -0.4 is 10.6 Å². The zero-order valence-corrected chi connectivity index (χ0v) is 22.7. The number of nitrogens with one attached hydrogen (secondary N) is 2. The summed E-state index contributed by atoms with van der Waals surface area (Å²) in [4.78, 5) is 31.2. The predicted octanol–water partition coefficient (Wildman–Crippen LogP) is 3.93. The highest BCUT2D eigenvalue weighted by Crippen LogP contribution is 2.31. The van der Waals surface area contributed by atoms with Crippen LogP contribution in [0.3, 0.4) is 0 Å². The van der Waals surface area contributed by atoms with Crippen molar-refractivity contribution in [3.05, 3.63) is 77.1 Å². The van der Waals surface area contributed by atoms with E-state index in [-0.39, 0.29) is 12.1 Å². The molecule has 1 aliphatic rings. The fourth-order valence-corrected chi connectivity index (χ4v) is 4.55. The van der Waals surface area contributed by atoms with Crippen molar-refractivity contribution in [2.24, 2.45) is 0 Å². The molecule has 4 heterocycles. The lowest BCUT2D eigenvalue weighted by Crippen LogP contribution is -2.42. The Balaban J connectivity index is 1.49. The highest BCUT2D eigenvalue weighted by molar-refractivity contribution is 6.00. The molecule has 0 spiro atoms. The minimum Gasteiger partial charge on any atom is -0.453 e. The SMILES string of the molecule is COC(=O)N1Cc2ccc(Nc3cc(-c4ccc5cc(C#N)cnn45)ncc3C(=O)NCC(F)C(C)(C)O)cc2C1. The summed E-state index contributed by atoms with van der Waals surface area (Å²) in [5.74, 6) is -0.576. The minimum atomic E-state index is -1.68. The minimum absolute atomic E-state index is 0.161. The molecule has 1 atom stereocenters. The van der Waals surface area contributed by atoms with Crippen molar-refractivity contribution in [2.75, 3.05) is 19.0 Å². The van der Waals surface area contributed by atoms with Gasteiger partial charge in [0.25, 0.3) is 5.91 Å². The topological polar surface area (TPSA) is 145 Å². The number of carbonyl (C=O) groups is 2. The third-order valence-electron chi connectivity index (χ3n) is 6.89. The Bertz CT molecular complexity index is 1690. The second kappa shape index (κ2) is 10.9. The fraction of sp³-hybridized carbons (Fsp3) is 0.276. The van der Waals surface area contributed by atoms with Gasteiger partial charge in [-0.15, -0.1) is 0 Å². The summed E-state index contributed by atoms with van der Waals surface area (Å²) in [5, 5.41) is 29.3. The number of nitrogens with zero attached hydrogens (tertiary/aromatic N) is 5. The molecule has 2 amide bonds. The molecule has 3 N–H and O–H groups in total. The maximum absolute atomic E-state index is 14.4. The van der Waals surface area contributed by atoms with Crippen LogP contribution in [-0.2, 0) is 17.8 Å². The number of nitriles is 1. The molecule has 210 valence electrons. The molecule has 0 radical (unpaired) electrons. The molecule has 41 heavy (non-hydrogen) atoms. The van der Waals surface area contributed by atoms with Crippen LogP contribution in [0.5, 0.6) is 0 Å². The lowest BCUT2D eigenvalue weighted by Gasteiger charge is -2.22. The maximum atomic E-state index is 14.4. The lowest BCUT2D eigenvalue weighted by molar-refractivity contribution is -0.00177. The van der Waals surface area contributed by atoms with Gasteiger partial charge in [-0.1, -0.05) is 6.07 Å². The Morgan fingerprint density at radius 2 is 1.95 bits per heavy atom. The molecule has 1 aliphatic heterocycles. The number of aliphatic hydroxyl groups is 1. The van der Waals surface area contributed by atoms with Crippen molar-refractivity contribution in [1.82, 2.24) is 24.8 Å². The van der Waals surface area contributed by atoms with Crippen molar-refractivity contribution in [2.45, 2.75) is 38.7 Å². The number of hydrogen-bond donors (Lipinski definition) is 3. The largest absolute Gasteiger partial charge is 0.453 e. The van der Waals surface area contributed by atoms with E-state index in [9.17, 15) is 24.3 Å². The van der Waals surface area contributed by atoms with E-state index in [2.05, 4.69) is 26.8 Å². The van der Waals surface area contributed by atoms with Gasteiger partial charge < -0.3 is 20.5 Å². The Morgan fingerprint density at radius 1 is 1.17 bits per heavy atom. The number of benzene rings is 1. The molecule has 3 aromatic heterocycles. The molecule has 4 aromatic rings. The number of anilines is 2. The van der Waals surface area contributed by atoms with E-state index >= 15 is 0 Å². The summed E-state index contributed by atoms with van der Waals surface area (Å²) in [6.45, 7) is 3.09. The number of fused-ring (bicyclic) bond motifs is 2. The number of halogens is 1. The van der Waals surface area contributed by atoms with Gasteiger partial charge in [0, 0.05) is 25.0 Å². The second-order valence-electron chi connectivity index (χ2n) is 10.3. The molecular formula is C29H28FN7O4. The van der Waals surface area contributed by atoms with Crippen LogP contribution in [0.1, 0.15) is 40.9 Å². The smallest absolute Gasteiger partial charge is 0.410 e. The number of hydrogen-bond acceptors (Lipinski definition) is 8. The first kappa shape index (κ1) is 27.5. The second-order valence-corrected chi connectivity index (χ2v) is 10.3. The van der Waals surface area contributed by atoms with Crippen LogP contribution in [0.4, 0.5) is 20.6 Å². The van der Waals surface area contributed by atoms with E-state index in [1.807, 2.05) is 30.3 Å². The van der Waals surface area contributed by atoms with Gasteiger partial charge in [-0.2, -0.15) is 10.4 Å². The Kier molecular flexibility index (Phi) is 7.30. The van der Waals surface area contributed by atoms with Crippen molar-refractivity contribution < 1.29 is 23.8 Å². The average molecular weight is 558 g/mol. The normalized spacial score (nSPS) is 13.4. The third kappa shape index (κ3) is 5.66. The summed E-state index contributed by atoms with van der Waals surface area (Å²) in [5.41, 5.74) is 3.78. The van der Waals surface area contributed by atoms with Gasteiger partial charge in [0.1, 0.15) is 12.2 Å². The number of pyridine rings is 1. The van der Waals surface area contributed by atoms with Crippen LogP contribution in [0.25, 0.3) is 16.9 Å². The van der Waals surface area contributed by atoms with E-state index in [4.69, 9.17) is 4.74 Å². The van der Waals surface area contributed by atoms with E-state index in [1.54, 1.807) is 21.5 Å². The number of rotatable bonds is 7. The molecule has 11 nitrogen and oxygen atoms in total. The summed E-state index contributed by atoms with van der Waals surface area (Å²) >= 11 is 0. The summed E-state index contributed by atoms with van der Waals surface area (Å²) in [7, 11) is 1.34. The predicted molar refractivity (Wildman–Crippen MR) is 148 cm³/mol. The first-order chi connectivity index (χ1) is 19.6. The average Bonchev–Trinajstić information content (AvgIpc) is 3.58. The summed E-state index contributed by atoms with van der Waals surface area (Å²) in [6.07, 6.45) is 0.747. The summed E-state index contributed by atoms with van der Waals surface area (Å²) < 4.78 is 20.8. The van der Waals surface area contributed by atoms with Crippen LogP contribution in [0.15, 0.2) is 54.9 Å². The monoisotopic (exact) mass is 557 g/mol. The molecule has 0 bridgehead atoms. The Hall–Kier alpha value is -5.02. The number of aromatic nitrogens is 3. The lowest BCUT2D eigenvalue weighted by atomic mass is 10.0. The zero-order chi connectivity index (χ0) is 29.3. The van der Waals surface area contributed by atoms with Crippen molar-refractivity contribution in [3.8, 4) is 17.5 Å². The highest BCUT2D eigenvalue weighted by Gasteiger charge is 2.28. The zero-order valence-electron chi connectivity index (χ0n) is 22.7. The van der Waals surface area contributed by atoms with Gasteiger partial charge in [0.2, 0.25) is 0 Å². The van der Waals surface area contributed by atoms with E-state index in [0.29, 0.717) is 46.9 Å². The molecule has 1 aromatic carbocycles. The Morgan fingerprint density at radius 3 is 2.68 bits per heavy atom. The highest BCUT2D eigenvalue weighted by atomic mass is 19.1. The molecule has 1 unspecified atom stereocenters. The van der Waals surface area contributed by atoms with Crippen molar-refractivity contribution in [3.63, 3.8) is 0 Å². The molecule has 5 rings (SSSR count). The van der Waals surface area contributed by atoms with E-state index < -0.39 is 23.8 Å². The fourth-order valence-electron chi connectivity index (χ4n) is 4.55. The molecular weight excluding hydrogens is 529 g/mol. The quantitative estimate of drug-likeness (QED) is 0.310. The van der Waals surface area contributed by atoms with Crippen molar-refractivity contribution in [1.29, 1.82) is 5.26 Å². The van der Waals surface area contributed by atoms with Crippen LogP contribution >= 0.6 is 0 Å². The number of carbonyl (C=O) groups excluding carboxylic acids is 2. The number of methoxy groups -OCH3 is 1. The summed E-state index contributed by atoms with van der Waals surface area (Å²) in [6, 6.07) is 14.7.